The maximum Gasteiger partial charge on any atom is 0.176 e. The lowest BCUT2D eigenvalue weighted by Crippen LogP contribution is -2.25. The molecule has 0 atom stereocenters. The van der Waals surface area contributed by atoms with E-state index >= 15 is 0 Å². The van der Waals surface area contributed by atoms with E-state index in [1.165, 1.54) is 0 Å². The molecule has 0 saturated carbocycles. The van der Waals surface area contributed by atoms with Gasteiger partial charge in [-0.2, -0.15) is 0 Å². The Morgan fingerprint density at radius 2 is 1.40 bits per heavy atom. The Kier molecular flexibility index (Phi) is 2.91. The number of carbonyl (C=O) groups excluding carboxylic acids is 2. The molecule has 2 aromatic rings. The highest BCUT2D eigenvalue weighted by Crippen LogP contribution is 2.40. The predicted octanol–water partition coefficient (Wildman–Crippen LogP) is 4.52. The van der Waals surface area contributed by atoms with Gasteiger partial charge in [0.15, 0.2) is 11.6 Å². The molecule has 20 heavy (non-hydrogen) atoms. The van der Waals surface area contributed by atoms with Crippen LogP contribution in [-0.2, 0) is 0 Å². The van der Waals surface area contributed by atoms with Crippen LogP contribution in [-0.4, -0.2) is 11.6 Å². The van der Waals surface area contributed by atoms with Gasteiger partial charge in [-0.15, -0.1) is 0 Å². The van der Waals surface area contributed by atoms with Crippen molar-refractivity contribution < 1.29 is 9.59 Å². The number of benzene rings is 2. The smallest absolute Gasteiger partial charge is 0.176 e. The summed E-state index contributed by atoms with van der Waals surface area (Å²) in [5.74, 6) is -0.194. The number of Topliss-reactive ketones (excluding diaryl/α,β-unsaturated/α-hetero) is 2. The van der Waals surface area contributed by atoms with Crippen LogP contribution in [0.2, 0.25) is 0 Å². The molecule has 3 rings (SSSR count). The van der Waals surface area contributed by atoms with Crippen LogP contribution in [0.3, 0.4) is 0 Å². The first-order valence-electron chi connectivity index (χ1n) is 6.41. The van der Waals surface area contributed by atoms with E-state index in [4.69, 9.17) is 0 Å². The minimum absolute atomic E-state index is 0.0952. The monoisotopic (exact) mass is 328 g/mol. The summed E-state index contributed by atoms with van der Waals surface area (Å²) >= 11 is 3.51. The normalized spacial score (nSPS) is 16.4. The molecule has 1 aliphatic carbocycles. The zero-order valence-electron chi connectivity index (χ0n) is 11.2. The van der Waals surface area contributed by atoms with Crippen molar-refractivity contribution >= 4 is 27.5 Å². The predicted molar refractivity (Wildman–Crippen MR) is 82.0 cm³/mol. The number of hydrogen-bond acceptors (Lipinski definition) is 2. The Morgan fingerprint density at radius 1 is 0.850 bits per heavy atom. The average Bonchev–Trinajstić information content (AvgIpc) is 2.61. The fourth-order valence-corrected chi connectivity index (χ4v) is 3.14. The first kappa shape index (κ1) is 13.3. The van der Waals surface area contributed by atoms with E-state index in [-0.39, 0.29) is 11.6 Å². The van der Waals surface area contributed by atoms with Gasteiger partial charge in [0.25, 0.3) is 0 Å². The molecular weight excluding hydrogens is 316 g/mol. The summed E-state index contributed by atoms with van der Waals surface area (Å²) in [6.45, 7) is 3.38. The highest BCUT2D eigenvalue weighted by Gasteiger charge is 2.45. The topological polar surface area (TPSA) is 34.1 Å². The molecule has 100 valence electrons. The van der Waals surface area contributed by atoms with Gasteiger partial charge in [0.05, 0.1) is 5.41 Å². The van der Waals surface area contributed by atoms with E-state index in [2.05, 4.69) is 15.9 Å². The third kappa shape index (κ3) is 1.77. The summed E-state index contributed by atoms with van der Waals surface area (Å²) in [4.78, 5) is 24.7. The van der Waals surface area contributed by atoms with E-state index in [0.29, 0.717) is 11.1 Å². The van der Waals surface area contributed by atoms with Crippen LogP contribution >= 0.6 is 15.9 Å². The Hall–Kier alpha value is -1.74. The average molecular weight is 329 g/mol. The highest BCUT2D eigenvalue weighted by atomic mass is 79.9. The Morgan fingerprint density at radius 3 is 2.00 bits per heavy atom. The molecule has 0 amide bonds. The number of fused-ring (bicyclic) bond motifs is 1. The molecule has 0 heterocycles. The van der Waals surface area contributed by atoms with Crippen LogP contribution in [0, 0.1) is 5.41 Å². The number of halogens is 1. The van der Waals surface area contributed by atoms with Crippen LogP contribution in [0.5, 0.6) is 0 Å². The molecule has 0 N–H and O–H groups in total. The first-order valence-corrected chi connectivity index (χ1v) is 7.21. The summed E-state index contributed by atoms with van der Waals surface area (Å²) in [7, 11) is 0. The zero-order valence-corrected chi connectivity index (χ0v) is 12.8. The zero-order chi connectivity index (χ0) is 14.5. The second-order valence-corrected chi connectivity index (χ2v) is 6.38. The quantitative estimate of drug-likeness (QED) is 0.721. The van der Waals surface area contributed by atoms with Crippen LogP contribution in [0.1, 0.15) is 34.6 Å². The Labute approximate surface area is 125 Å². The minimum atomic E-state index is -0.947. The van der Waals surface area contributed by atoms with Gasteiger partial charge >= 0.3 is 0 Å². The van der Waals surface area contributed by atoms with E-state index in [1.54, 1.807) is 19.9 Å². The van der Waals surface area contributed by atoms with Crippen molar-refractivity contribution in [3.05, 3.63) is 58.1 Å². The van der Waals surface area contributed by atoms with E-state index < -0.39 is 5.41 Å². The number of hydrogen-bond donors (Lipinski definition) is 0. The van der Waals surface area contributed by atoms with E-state index in [9.17, 15) is 9.59 Å². The molecule has 2 nitrogen and oxygen atoms in total. The fourth-order valence-electron chi connectivity index (χ4n) is 2.56. The lowest BCUT2D eigenvalue weighted by atomic mass is 9.88. The van der Waals surface area contributed by atoms with Gasteiger partial charge in [0.2, 0.25) is 0 Å². The molecule has 0 radical (unpaired) electrons. The lowest BCUT2D eigenvalue weighted by molar-refractivity contribution is 0.0746. The van der Waals surface area contributed by atoms with Crippen molar-refractivity contribution in [2.45, 2.75) is 13.8 Å². The van der Waals surface area contributed by atoms with Crippen LogP contribution in [0.15, 0.2) is 46.9 Å². The highest BCUT2D eigenvalue weighted by molar-refractivity contribution is 9.10. The standard InChI is InChI=1S/C17H13BrO2/c1-17(2)15(19)12-8-11(10-6-4-3-5-7-10)14(18)9-13(12)16(17)20/h3-9H,1-2H3. The SMILES string of the molecule is CC1(C)C(=O)c2cc(Br)c(-c3ccccc3)cc2C1=O. The first-order chi connectivity index (χ1) is 9.43. The Bertz CT molecular complexity index is 730. The third-order valence-corrected chi connectivity index (χ3v) is 4.47. The van der Waals surface area contributed by atoms with Crippen LogP contribution in [0.25, 0.3) is 11.1 Å². The van der Waals surface area contributed by atoms with Gasteiger partial charge in [0, 0.05) is 15.6 Å². The lowest BCUT2D eigenvalue weighted by Gasteiger charge is -2.11. The summed E-state index contributed by atoms with van der Waals surface area (Å²) < 4.78 is 0.835. The Balaban J connectivity index is 2.24. The van der Waals surface area contributed by atoms with Gasteiger partial charge in [0.1, 0.15) is 0 Å². The second-order valence-electron chi connectivity index (χ2n) is 5.53. The molecule has 0 bridgehead atoms. The van der Waals surface area contributed by atoms with Gasteiger partial charge in [-0.1, -0.05) is 46.3 Å². The summed E-state index contributed by atoms with van der Waals surface area (Å²) in [6.07, 6.45) is 0. The molecule has 0 spiro atoms. The maximum atomic E-state index is 12.4. The molecule has 0 fully saturated rings. The van der Waals surface area contributed by atoms with Crippen molar-refractivity contribution in [3.8, 4) is 11.1 Å². The molecule has 0 aromatic heterocycles. The van der Waals surface area contributed by atoms with Crippen molar-refractivity contribution in [2.24, 2.45) is 5.41 Å². The van der Waals surface area contributed by atoms with Crippen LogP contribution < -0.4 is 0 Å². The molecule has 2 aromatic carbocycles. The largest absolute Gasteiger partial charge is 0.293 e. The van der Waals surface area contributed by atoms with E-state index in [0.717, 1.165) is 15.6 Å². The molecular formula is C17H13BrO2. The molecule has 0 unspecified atom stereocenters. The van der Waals surface area contributed by atoms with Gasteiger partial charge < -0.3 is 0 Å². The van der Waals surface area contributed by atoms with E-state index in [1.807, 2.05) is 36.4 Å². The molecule has 0 saturated heterocycles. The molecule has 1 aliphatic rings. The fraction of sp³-hybridized carbons (Fsp3) is 0.176. The van der Waals surface area contributed by atoms with Crippen molar-refractivity contribution in [3.63, 3.8) is 0 Å². The summed E-state index contributed by atoms with van der Waals surface area (Å²) in [6, 6.07) is 13.4. The van der Waals surface area contributed by atoms with Gasteiger partial charge in [-0.3, -0.25) is 9.59 Å². The van der Waals surface area contributed by atoms with Crippen molar-refractivity contribution in [2.75, 3.05) is 0 Å². The van der Waals surface area contributed by atoms with Gasteiger partial charge in [-0.25, -0.2) is 0 Å². The second kappa shape index (κ2) is 4.38. The van der Waals surface area contributed by atoms with Crippen molar-refractivity contribution in [1.82, 2.24) is 0 Å². The number of rotatable bonds is 1. The minimum Gasteiger partial charge on any atom is -0.293 e. The summed E-state index contributed by atoms with van der Waals surface area (Å²) in [5, 5.41) is 0. The number of carbonyl (C=O) groups is 2. The molecule has 3 heteroatoms. The maximum absolute atomic E-state index is 12.4. The third-order valence-electron chi connectivity index (χ3n) is 3.82. The number of ketones is 2. The summed E-state index contributed by atoms with van der Waals surface area (Å²) in [5.41, 5.74) is 2.06. The van der Waals surface area contributed by atoms with Crippen LogP contribution in [0.4, 0.5) is 0 Å². The van der Waals surface area contributed by atoms with Gasteiger partial charge in [-0.05, 0) is 37.1 Å². The van der Waals surface area contributed by atoms with Crippen molar-refractivity contribution in [1.29, 1.82) is 0 Å². The molecule has 0 aliphatic heterocycles.